The van der Waals surface area contributed by atoms with Crippen molar-refractivity contribution >= 4 is 23.4 Å². The molecule has 1 aliphatic rings. The molecule has 0 saturated carbocycles. The molecule has 130 valence electrons. The van der Waals surface area contributed by atoms with Gasteiger partial charge in [-0.2, -0.15) is 0 Å². The lowest BCUT2D eigenvalue weighted by Gasteiger charge is -2.16. The summed E-state index contributed by atoms with van der Waals surface area (Å²) in [6, 6.07) is 13.2. The van der Waals surface area contributed by atoms with E-state index in [1.165, 1.54) is 0 Å². The second kappa shape index (κ2) is 8.12. The molecule has 1 saturated heterocycles. The summed E-state index contributed by atoms with van der Waals surface area (Å²) in [5, 5.41) is 3.63. The summed E-state index contributed by atoms with van der Waals surface area (Å²) < 4.78 is 0. The second-order valence-corrected chi connectivity index (χ2v) is 6.60. The summed E-state index contributed by atoms with van der Waals surface area (Å²) >= 11 is 5.86. The molecule has 2 heterocycles. The molecule has 1 N–H and O–H groups in total. The van der Waals surface area contributed by atoms with E-state index in [9.17, 15) is 9.59 Å². The molecular weight excluding hydrogens is 338 g/mol. The van der Waals surface area contributed by atoms with Gasteiger partial charge in [-0.15, -0.1) is 0 Å². The minimum atomic E-state index is -0.290. The first-order valence-corrected chi connectivity index (χ1v) is 8.69. The number of halogens is 1. The van der Waals surface area contributed by atoms with Gasteiger partial charge in [-0.3, -0.25) is 14.6 Å². The van der Waals surface area contributed by atoms with E-state index in [4.69, 9.17) is 11.6 Å². The standard InChI is InChI=1S/C19H20ClN3O2/c20-16-6-4-14(5-7-16)8-10-22-19(25)15-11-18(24)23(12-15)13-17-3-1-2-9-21-17/h1-7,9,15H,8,10-13H2,(H,22,25). The molecule has 1 aromatic heterocycles. The zero-order valence-corrected chi connectivity index (χ0v) is 14.6. The topological polar surface area (TPSA) is 62.3 Å². The highest BCUT2D eigenvalue weighted by molar-refractivity contribution is 6.30. The normalized spacial score (nSPS) is 16.9. The van der Waals surface area contributed by atoms with Gasteiger partial charge in [0, 0.05) is 30.7 Å². The van der Waals surface area contributed by atoms with Crippen LogP contribution in [0.2, 0.25) is 5.02 Å². The van der Waals surface area contributed by atoms with Gasteiger partial charge in [0.15, 0.2) is 0 Å². The Kier molecular flexibility index (Phi) is 5.66. The molecule has 2 amide bonds. The third-order valence-electron chi connectivity index (χ3n) is 4.29. The van der Waals surface area contributed by atoms with Crippen molar-refractivity contribution in [3.8, 4) is 0 Å². The largest absolute Gasteiger partial charge is 0.355 e. The van der Waals surface area contributed by atoms with Crippen LogP contribution in [0.25, 0.3) is 0 Å². The van der Waals surface area contributed by atoms with Gasteiger partial charge in [-0.25, -0.2) is 0 Å². The van der Waals surface area contributed by atoms with Crippen LogP contribution in [-0.2, 0) is 22.6 Å². The third kappa shape index (κ3) is 4.79. The van der Waals surface area contributed by atoms with Gasteiger partial charge >= 0.3 is 0 Å². The first-order valence-electron chi connectivity index (χ1n) is 8.31. The summed E-state index contributed by atoms with van der Waals surface area (Å²) in [4.78, 5) is 30.4. The number of amides is 2. The summed E-state index contributed by atoms with van der Waals surface area (Å²) in [6.45, 7) is 1.45. The minimum absolute atomic E-state index is 0.00324. The van der Waals surface area contributed by atoms with Gasteiger partial charge < -0.3 is 10.2 Å². The van der Waals surface area contributed by atoms with Gasteiger partial charge in [0.1, 0.15) is 0 Å². The van der Waals surface area contributed by atoms with Crippen molar-refractivity contribution in [2.75, 3.05) is 13.1 Å². The Morgan fingerprint density at radius 2 is 2.04 bits per heavy atom. The summed E-state index contributed by atoms with van der Waals surface area (Å²) in [7, 11) is 0. The number of pyridine rings is 1. The lowest BCUT2D eigenvalue weighted by Crippen LogP contribution is -2.34. The van der Waals surface area contributed by atoms with E-state index in [2.05, 4.69) is 10.3 Å². The molecule has 0 spiro atoms. The van der Waals surface area contributed by atoms with E-state index < -0.39 is 0 Å². The molecule has 6 heteroatoms. The molecule has 1 fully saturated rings. The Bertz CT molecular complexity index is 734. The molecule has 5 nitrogen and oxygen atoms in total. The molecule has 1 aromatic carbocycles. The maximum atomic E-state index is 12.3. The predicted molar refractivity (Wildman–Crippen MR) is 95.9 cm³/mol. The summed E-state index contributed by atoms with van der Waals surface area (Å²) in [6.07, 6.45) is 2.71. The van der Waals surface area contributed by atoms with Crippen molar-refractivity contribution in [2.24, 2.45) is 5.92 Å². The number of hydrogen-bond donors (Lipinski definition) is 1. The van der Waals surface area contributed by atoms with Crippen molar-refractivity contribution in [3.05, 3.63) is 64.9 Å². The van der Waals surface area contributed by atoms with E-state index in [-0.39, 0.29) is 24.2 Å². The van der Waals surface area contributed by atoms with Gasteiger partial charge in [0.2, 0.25) is 11.8 Å². The Morgan fingerprint density at radius 1 is 1.24 bits per heavy atom. The fourth-order valence-corrected chi connectivity index (χ4v) is 3.04. The number of nitrogens with zero attached hydrogens (tertiary/aromatic N) is 2. The number of benzene rings is 1. The molecule has 2 aromatic rings. The highest BCUT2D eigenvalue weighted by Crippen LogP contribution is 2.20. The first kappa shape index (κ1) is 17.4. The number of carbonyl (C=O) groups excluding carboxylic acids is 2. The van der Waals surface area contributed by atoms with E-state index in [0.717, 1.165) is 17.7 Å². The Morgan fingerprint density at radius 3 is 2.76 bits per heavy atom. The Hall–Kier alpha value is -2.40. The molecule has 3 rings (SSSR count). The van der Waals surface area contributed by atoms with Crippen molar-refractivity contribution in [1.29, 1.82) is 0 Å². The molecule has 1 atom stereocenters. The van der Waals surface area contributed by atoms with Crippen molar-refractivity contribution < 1.29 is 9.59 Å². The Balaban J connectivity index is 1.46. The van der Waals surface area contributed by atoms with E-state index in [0.29, 0.717) is 24.7 Å². The zero-order valence-electron chi connectivity index (χ0n) is 13.8. The maximum absolute atomic E-state index is 12.3. The van der Waals surface area contributed by atoms with Crippen LogP contribution in [-0.4, -0.2) is 34.8 Å². The van der Waals surface area contributed by atoms with Crippen molar-refractivity contribution in [2.45, 2.75) is 19.4 Å². The number of likely N-dealkylation sites (tertiary alicyclic amines) is 1. The fraction of sp³-hybridized carbons (Fsp3) is 0.316. The van der Waals surface area contributed by atoms with Gasteiger partial charge in [0.25, 0.3) is 0 Å². The van der Waals surface area contributed by atoms with Crippen LogP contribution >= 0.6 is 11.6 Å². The van der Waals surface area contributed by atoms with Gasteiger partial charge in [0.05, 0.1) is 18.2 Å². The lowest BCUT2D eigenvalue weighted by molar-refractivity contribution is -0.129. The van der Waals surface area contributed by atoms with Crippen LogP contribution in [0.15, 0.2) is 48.7 Å². The number of nitrogens with one attached hydrogen (secondary N) is 1. The van der Waals surface area contributed by atoms with Gasteiger partial charge in [-0.05, 0) is 36.2 Å². The average Bonchev–Trinajstić information content (AvgIpc) is 2.98. The molecule has 0 aliphatic carbocycles. The fourth-order valence-electron chi connectivity index (χ4n) is 2.91. The van der Waals surface area contributed by atoms with Crippen LogP contribution < -0.4 is 5.32 Å². The van der Waals surface area contributed by atoms with E-state index in [1.807, 2.05) is 42.5 Å². The highest BCUT2D eigenvalue weighted by Gasteiger charge is 2.34. The van der Waals surface area contributed by atoms with Gasteiger partial charge in [-0.1, -0.05) is 29.8 Å². The monoisotopic (exact) mass is 357 g/mol. The van der Waals surface area contributed by atoms with Crippen molar-refractivity contribution in [3.63, 3.8) is 0 Å². The van der Waals surface area contributed by atoms with E-state index in [1.54, 1.807) is 11.1 Å². The minimum Gasteiger partial charge on any atom is -0.355 e. The second-order valence-electron chi connectivity index (χ2n) is 6.16. The van der Waals surface area contributed by atoms with Crippen LogP contribution in [0.4, 0.5) is 0 Å². The van der Waals surface area contributed by atoms with Crippen LogP contribution in [0, 0.1) is 5.92 Å². The number of rotatable bonds is 6. The number of aromatic nitrogens is 1. The zero-order chi connectivity index (χ0) is 17.6. The Labute approximate surface area is 152 Å². The van der Waals surface area contributed by atoms with Crippen molar-refractivity contribution in [1.82, 2.24) is 15.2 Å². The lowest BCUT2D eigenvalue weighted by atomic mass is 10.1. The summed E-state index contributed by atoms with van der Waals surface area (Å²) in [5.41, 5.74) is 1.95. The molecule has 1 aliphatic heterocycles. The number of carbonyl (C=O) groups is 2. The maximum Gasteiger partial charge on any atom is 0.225 e. The average molecular weight is 358 g/mol. The predicted octanol–water partition coefficient (Wildman–Crippen LogP) is 2.44. The molecule has 0 radical (unpaired) electrons. The van der Waals surface area contributed by atoms with Crippen LogP contribution in [0.3, 0.4) is 0 Å². The molecule has 1 unspecified atom stereocenters. The SMILES string of the molecule is O=C(NCCc1ccc(Cl)cc1)C1CC(=O)N(Cc2ccccn2)C1. The molecule has 25 heavy (non-hydrogen) atoms. The first-order chi connectivity index (χ1) is 12.1. The third-order valence-corrected chi connectivity index (χ3v) is 4.54. The number of hydrogen-bond acceptors (Lipinski definition) is 3. The smallest absolute Gasteiger partial charge is 0.225 e. The highest BCUT2D eigenvalue weighted by atomic mass is 35.5. The molecular formula is C19H20ClN3O2. The molecule has 0 bridgehead atoms. The van der Waals surface area contributed by atoms with Crippen LogP contribution in [0.5, 0.6) is 0 Å². The summed E-state index contributed by atoms with van der Waals surface area (Å²) in [5.74, 6) is -0.351. The van der Waals surface area contributed by atoms with Crippen LogP contribution in [0.1, 0.15) is 17.7 Å². The van der Waals surface area contributed by atoms with E-state index >= 15 is 0 Å². The quantitative estimate of drug-likeness (QED) is 0.863.